The number of carbonyl (C=O) groups is 1. The van der Waals surface area contributed by atoms with Gasteiger partial charge < -0.3 is 10.2 Å². The number of carboxylic acid groups (broad SMARTS) is 1. The lowest BCUT2D eigenvalue weighted by atomic mass is 10.3. The molecule has 78 valence electrons. The van der Waals surface area contributed by atoms with Crippen molar-refractivity contribution in [3.05, 3.63) is 0 Å². The molecule has 0 aliphatic carbocycles. The number of aliphatic carboxylic acids is 1. The Bertz CT molecular complexity index is 260. The second-order valence-electron chi connectivity index (χ2n) is 2.51. The summed E-state index contributed by atoms with van der Waals surface area (Å²) in [4.78, 5) is 10.3. The van der Waals surface area contributed by atoms with Gasteiger partial charge in [0.05, 0.1) is 12.4 Å². The van der Waals surface area contributed by atoms with Gasteiger partial charge in [0, 0.05) is 0 Å². The van der Waals surface area contributed by atoms with Gasteiger partial charge in [0.1, 0.15) is 6.04 Å². The molecule has 0 radical (unpaired) electrons. The Kier molecular flexibility index (Phi) is 4.89. The highest BCUT2D eigenvalue weighted by Crippen LogP contribution is 1.92. The molecule has 0 saturated carbocycles. The van der Waals surface area contributed by atoms with Gasteiger partial charge in [-0.1, -0.05) is 6.92 Å². The maximum Gasteiger partial charge on any atom is 0.324 e. The van der Waals surface area contributed by atoms with Gasteiger partial charge in [0.25, 0.3) is 0 Å². The smallest absolute Gasteiger partial charge is 0.324 e. The molecule has 0 bridgehead atoms. The van der Waals surface area contributed by atoms with Crippen LogP contribution in [0.5, 0.6) is 0 Å². The molecule has 0 fully saturated rings. The van der Waals surface area contributed by atoms with Gasteiger partial charge in [0.15, 0.2) is 0 Å². The summed E-state index contributed by atoms with van der Waals surface area (Å²) in [6.07, 6.45) is 0.396. The van der Waals surface area contributed by atoms with E-state index in [2.05, 4.69) is 0 Å². The third-order valence-corrected chi connectivity index (χ3v) is 2.86. The van der Waals surface area contributed by atoms with E-state index in [1.54, 1.807) is 6.92 Å². The van der Waals surface area contributed by atoms with Crippen LogP contribution in [-0.4, -0.2) is 43.0 Å². The Morgan fingerprint density at radius 1 is 1.54 bits per heavy atom. The molecule has 0 aromatic rings. The molecule has 0 amide bonds. The second-order valence-corrected chi connectivity index (χ2v) is 4.38. The summed E-state index contributed by atoms with van der Waals surface area (Å²) in [7, 11) is -3.58. The second kappa shape index (κ2) is 5.15. The number of carboxylic acids is 1. The maximum atomic E-state index is 11.0. The Labute approximate surface area is 76.6 Å². The fourth-order valence-electron chi connectivity index (χ4n) is 0.710. The van der Waals surface area contributed by atoms with E-state index in [4.69, 9.17) is 10.2 Å². The SMILES string of the molecule is CCCS(=O)(=O)N[C@H](CO)C(=O)O. The first kappa shape index (κ1) is 12.3. The van der Waals surface area contributed by atoms with Gasteiger partial charge in [-0.3, -0.25) is 4.79 Å². The lowest BCUT2D eigenvalue weighted by Crippen LogP contribution is -2.44. The van der Waals surface area contributed by atoms with Gasteiger partial charge in [-0.15, -0.1) is 0 Å². The summed E-state index contributed by atoms with van der Waals surface area (Å²) in [5.74, 6) is -1.53. The highest BCUT2D eigenvalue weighted by atomic mass is 32.2. The van der Waals surface area contributed by atoms with Crippen LogP contribution in [0.2, 0.25) is 0 Å². The Balaban J connectivity index is 4.31. The zero-order valence-electron chi connectivity index (χ0n) is 7.23. The van der Waals surface area contributed by atoms with Crippen LogP contribution in [0.25, 0.3) is 0 Å². The largest absolute Gasteiger partial charge is 0.480 e. The fraction of sp³-hybridized carbons (Fsp3) is 0.833. The Hall–Kier alpha value is -0.660. The zero-order chi connectivity index (χ0) is 10.5. The average Bonchev–Trinajstić information content (AvgIpc) is 1.99. The van der Waals surface area contributed by atoms with Crippen LogP contribution >= 0.6 is 0 Å². The molecule has 0 rings (SSSR count). The van der Waals surface area contributed by atoms with Crippen LogP contribution in [0.4, 0.5) is 0 Å². The minimum absolute atomic E-state index is 0.142. The first-order chi connectivity index (χ1) is 5.93. The first-order valence-corrected chi connectivity index (χ1v) is 5.42. The number of hydrogen-bond acceptors (Lipinski definition) is 4. The lowest BCUT2D eigenvalue weighted by Gasteiger charge is -2.10. The number of aliphatic hydroxyl groups excluding tert-OH is 1. The van der Waals surface area contributed by atoms with E-state index in [1.165, 1.54) is 0 Å². The van der Waals surface area contributed by atoms with Crippen molar-refractivity contribution in [2.24, 2.45) is 0 Å². The maximum absolute atomic E-state index is 11.0. The van der Waals surface area contributed by atoms with Crippen molar-refractivity contribution in [1.82, 2.24) is 4.72 Å². The summed E-state index contributed by atoms with van der Waals surface area (Å²) < 4.78 is 23.9. The monoisotopic (exact) mass is 211 g/mol. The molecular formula is C6H13NO5S. The lowest BCUT2D eigenvalue weighted by molar-refractivity contribution is -0.139. The summed E-state index contributed by atoms with van der Waals surface area (Å²) in [5.41, 5.74) is 0. The van der Waals surface area contributed by atoms with Crippen LogP contribution in [0.3, 0.4) is 0 Å². The molecular weight excluding hydrogens is 198 g/mol. The molecule has 13 heavy (non-hydrogen) atoms. The summed E-state index contributed by atoms with van der Waals surface area (Å²) >= 11 is 0. The normalized spacial score (nSPS) is 14.0. The number of nitrogens with one attached hydrogen (secondary N) is 1. The van der Waals surface area contributed by atoms with E-state index in [9.17, 15) is 13.2 Å². The van der Waals surface area contributed by atoms with Crippen molar-refractivity contribution in [2.75, 3.05) is 12.4 Å². The topological polar surface area (TPSA) is 104 Å². The van der Waals surface area contributed by atoms with Crippen LogP contribution < -0.4 is 4.72 Å². The van der Waals surface area contributed by atoms with Gasteiger partial charge in [0.2, 0.25) is 10.0 Å². The quantitative estimate of drug-likeness (QED) is 0.510. The van der Waals surface area contributed by atoms with Crippen LogP contribution in [0.1, 0.15) is 13.3 Å². The zero-order valence-corrected chi connectivity index (χ0v) is 8.04. The molecule has 7 heteroatoms. The number of aliphatic hydroxyl groups is 1. The molecule has 0 aliphatic rings. The predicted molar refractivity (Wildman–Crippen MR) is 45.7 cm³/mol. The third kappa shape index (κ3) is 4.81. The van der Waals surface area contributed by atoms with Crippen LogP contribution in [0, 0.1) is 0 Å². The third-order valence-electron chi connectivity index (χ3n) is 1.28. The molecule has 0 aromatic carbocycles. The summed E-state index contributed by atoms with van der Waals surface area (Å²) in [6.45, 7) is 0.909. The molecule has 0 aromatic heterocycles. The van der Waals surface area contributed by atoms with Crippen molar-refractivity contribution in [1.29, 1.82) is 0 Å². The predicted octanol–water partition coefficient (Wildman–Crippen LogP) is -1.24. The fourth-order valence-corrected chi connectivity index (χ4v) is 1.97. The first-order valence-electron chi connectivity index (χ1n) is 3.76. The molecule has 6 nitrogen and oxygen atoms in total. The van der Waals surface area contributed by atoms with E-state index in [-0.39, 0.29) is 5.75 Å². The van der Waals surface area contributed by atoms with E-state index < -0.39 is 28.6 Å². The Morgan fingerprint density at radius 2 is 2.08 bits per heavy atom. The van der Waals surface area contributed by atoms with Gasteiger partial charge in [-0.05, 0) is 6.42 Å². The van der Waals surface area contributed by atoms with Crippen LogP contribution in [-0.2, 0) is 14.8 Å². The molecule has 0 saturated heterocycles. The average molecular weight is 211 g/mol. The highest BCUT2D eigenvalue weighted by molar-refractivity contribution is 7.89. The molecule has 0 spiro atoms. The highest BCUT2D eigenvalue weighted by Gasteiger charge is 2.22. The van der Waals surface area contributed by atoms with E-state index >= 15 is 0 Å². The molecule has 0 unspecified atom stereocenters. The van der Waals surface area contributed by atoms with Crippen molar-refractivity contribution in [2.45, 2.75) is 19.4 Å². The Morgan fingerprint density at radius 3 is 2.38 bits per heavy atom. The van der Waals surface area contributed by atoms with Crippen molar-refractivity contribution < 1.29 is 23.4 Å². The summed E-state index contributed by atoms with van der Waals surface area (Å²) in [6, 6.07) is -1.45. The van der Waals surface area contributed by atoms with Crippen molar-refractivity contribution in [3.8, 4) is 0 Å². The minimum atomic E-state index is -3.58. The van der Waals surface area contributed by atoms with Gasteiger partial charge >= 0.3 is 5.97 Å². The molecule has 3 N–H and O–H groups in total. The van der Waals surface area contributed by atoms with Crippen LogP contribution in [0.15, 0.2) is 0 Å². The van der Waals surface area contributed by atoms with Gasteiger partial charge in [-0.25, -0.2) is 8.42 Å². The molecule has 0 aliphatic heterocycles. The summed E-state index contributed by atoms with van der Waals surface area (Å²) in [5, 5.41) is 16.9. The molecule has 1 atom stereocenters. The van der Waals surface area contributed by atoms with E-state index in [0.717, 1.165) is 0 Å². The number of rotatable bonds is 6. The number of hydrogen-bond donors (Lipinski definition) is 3. The van der Waals surface area contributed by atoms with Crippen molar-refractivity contribution >= 4 is 16.0 Å². The number of sulfonamides is 1. The standard InChI is InChI=1S/C6H13NO5S/c1-2-3-13(11,12)7-5(4-8)6(9)10/h5,7-8H,2-4H2,1H3,(H,9,10)/t5-/m1/s1. The molecule has 0 heterocycles. The minimum Gasteiger partial charge on any atom is -0.480 e. The van der Waals surface area contributed by atoms with E-state index in [1.807, 2.05) is 4.72 Å². The van der Waals surface area contributed by atoms with E-state index in [0.29, 0.717) is 6.42 Å². The van der Waals surface area contributed by atoms with Gasteiger partial charge in [-0.2, -0.15) is 4.72 Å². The van der Waals surface area contributed by atoms with Crippen molar-refractivity contribution in [3.63, 3.8) is 0 Å².